The second kappa shape index (κ2) is 9.71. The Morgan fingerprint density at radius 2 is 1.97 bits per heavy atom. The molecule has 190 valence electrons. The number of nitrogens with zero attached hydrogens (tertiary/aromatic N) is 7. The second-order valence-electron chi connectivity index (χ2n) is 7.78. The van der Waals surface area contributed by atoms with Gasteiger partial charge in [0.05, 0.1) is 19.3 Å². The van der Waals surface area contributed by atoms with Gasteiger partial charge in [-0.15, -0.1) is 5.10 Å². The van der Waals surface area contributed by atoms with Crippen LogP contribution in [0.2, 0.25) is 0 Å². The van der Waals surface area contributed by atoms with Crippen molar-refractivity contribution in [2.75, 3.05) is 19.1 Å². The normalized spacial score (nSPS) is 13.1. The monoisotopic (exact) mass is 631 g/mol. The van der Waals surface area contributed by atoms with E-state index in [2.05, 4.69) is 52.0 Å². The molecule has 1 aliphatic heterocycles. The van der Waals surface area contributed by atoms with E-state index in [0.29, 0.717) is 42.4 Å². The van der Waals surface area contributed by atoms with Crippen molar-refractivity contribution in [3.63, 3.8) is 0 Å². The summed E-state index contributed by atoms with van der Waals surface area (Å²) in [6, 6.07) is 3.76. The van der Waals surface area contributed by atoms with E-state index < -0.39 is 16.4 Å². The van der Waals surface area contributed by atoms with Gasteiger partial charge in [0.25, 0.3) is 0 Å². The summed E-state index contributed by atoms with van der Waals surface area (Å²) in [7, 11) is -4.00. The minimum Gasteiger partial charge on any atom is -0.454 e. The molecular formula is C19H19FIN9O5S. The van der Waals surface area contributed by atoms with E-state index in [4.69, 9.17) is 20.3 Å². The molecule has 4 N–H and O–H groups in total. The van der Waals surface area contributed by atoms with Crippen molar-refractivity contribution in [3.8, 4) is 11.5 Å². The van der Waals surface area contributed by atoms with E-state index in [0.717, 1.165) is 9.13 Å². The zero-order valence-electron chi connectivity index (χ0n) is 18.5. The lowest BCUT2D eigenvalue weighted by Gasteiger charge is -2.09. The smallest absolute Gasteiger partial charge is 0.333 e. The molecule has 1 aliphatic rings. The van der Waals surface area contributed by atoms with Gasteiger partial charge in [-0.2, -0.15) is 22.8 Å². The number of anilines is 1. The van der Waals surface area contributed by atoms with Gasteiger partial charge in [0.15, 0.2) is 28.5 Å². The van der Waals surface area contributed by atoms with E-state index in [9.17, 15) is 12.8 Å². The van der Waals surface area contributed by atoms with Gasteiger partial charge < -0.3 is 19.8 Å². The van der Waals surface area contributed by atoms with Crippen LogP contribution in [0, 0.1) is 9.65 Å². The first-order valence-electron chi connectivity index (χ1n) is 10.5. The van der Waals surface area contributed by atoms with Gasteiger partial charge in [-0.1, -0.05) is 5.21 Å². The second-order valence-corrected chi connectivity index (χ2v) is 10.2. The number of nitrogen functional groups attached to an aromatic ring is 1. The summed E-state index contributed by atoms with van der Waals surface area (Å²) >= 11 is 2.20. The van der Waals surface area contributed by atoms with Crippen molar-refractivity contribution >= 4 is 49.9 Å². The van der Waals surface area contributed by atoms with Gasteiger partial charge in [-0.3, -0.25) is 8.86 Å². The average molecular weight is 631 g/mol. The lowest BCUT2D eigenvalue weighted by atomic mass is 10.1. The van der Waals surface area contributed by atoms with Crippen molar-refractivity contribution in [2.24, 2.45) is 5.14 Å². The summed E-state index contributed by atoms with van der Waals surface area (Å²) in [5.74, 6) is 1.79. The van der Waals surface area contributed by atoms with Crippen LogP contribution >= 0.6 is 22.6 Å². The van der Waals surface area contributed by atoms with Gasteiger partial charge in [-0.05, 0) is 46.7 Å². The van der Waals surface area contributed by atoms with Crippen LogP contribution in [0.15, 0.2) is 18.3 Å². The number of fused-ring (bicyclic) bond motifs is 2. The third-order valence-corrected chi connectivity index (χ3v) is 6.75. The molecule has 0 aliphatic carbocycles. The van der Waals surface area contributed by atoms with Gasteiger partial charge in [-0.25, -0.2) is 10.1 Å². The molecule has 14 nitrogen and oxygen atoms in total. The zero-order valence-corrected chi connectivity index (χ0v) is 21.4. The highest BCUT2D eigenvalue weighted by molar-refractivity contribution is 14.1. The van der Waals surface area contributed by atoms with E-state index in [1.165, 1.54) is 4.68 Å². The Labute approximate surface area is 217 Å². The number of aryl methyl sites for hydroxylation is 1. The fraction of sp³-hybridized carbons (Fsp3) is 0.316. The third-order valence-electron chi connectivity index (χ3n) is 5.25. The minimum absolute atomic E-state index is 0.0728. The van der Waals surface area contributed by atoms with Crippen LogP contribution in [0.1, 0.15) is 23.5 Å². The molecule has 3 aromatic heterocycles. The average Bonchev–Trinajstić information content (AvgIpc) is 3.51. The Morgan fingerprint density at radius 1 is 1.19 bits per heavy atom. The standard InChI is InChI=1S/C19H19FIN9O5S/c20-19-25-17(22)16-18(26-19)30(8-11-7-29(28-27-11)2-1-3-35-36(23,31)32)15(24-16)5-10-4-13-14(6-12(10)21)34-9-33-13/h4,6-7H,1-3,5,8-9H2,(H2,22,25,26)(H2,23,31,32). The third kappa shape index (κ3) is 5.32. The first-order valence-corrected chi connectivity index (χ1v) is 13.0. The number of aromatic nitrogens is 7. The highest BCUT2D eigenvalue weighted by Gasteiger charge is 2.21. The molecule has 0 atom stereocenters. The predicted octanol–water partition coefficient (Wildman–Crippen LogP) is 0.722. The summed E-state index contributed by atoms with van der Waals surface area (Å²) in [5.41, 5.74) is 7.89. The summed E-state index contributed by atoms with van der Waals surface area (Å²) in [4.78, 5) is 12.1. The highest BCUT2D eigenvalue weighted by atomic mass is 127. The van der Waals surface area contributed by atoms with E-state index >= 15 is 0 Å². The first kappa shape index (κ1) is 24.5. The maximum absolute atomic E-state index is 14.1. The van der Waals surface area contributed by atoms with Crippen molar-refractivity contribution < 1.29 is 26.5 Å². The number of hydrogen-bond donors (Lipinski definition) is 2. The van der Waals surface area contributed by atoms with Gasteiger partial charge in [0, 0.05) is 16.5 Å². The number of hydrogen-bond acceptors (Lipinski definition) is 11. The van der Waals surface area contributed by atoms with Gasteiger partial charge in [0.1, 0.15) is 11.5 Å². The quantitative estimate of drug-likeness (QED) is 0.151. The maximum atomic E-state index is 14.1. The molecule has 0 fully saturated rings. The minimum atomic E-state index is -4.00. The van der Waals surface area contributed by atoms with Crippen molar-refractivity contribution in [3.05, 3.63) is 45.1 Å². The molecule has 0 bridgehead atoms. The first-order chi connectivity index (χ1) is 17.2. The summed E-state index contributed by atoms with van der Waals surface area (Å²) in [5, 5.41) is 13.0. The van der Waals surface area contributed by atoms with Crippen LogP contribution in [-0.4, -0.2) is 56.3 Å². The summed E-state index contributed by atoms with van der Waals surface area (Å²) in [6.07, 6.45) is 1.42. The molecular weight excluding hydrogens is 612 g/mol. The van der Waals surface area contributed by atoms with Crippen molar-refractivity contribution in [1.29, 1.82) is 0 Å². The number of benzene rings is 1. The van der Waals surface area contributed by atoms with Crippen molar-refractivity contribution in [2.45, 2.75) is 25.9 Å². The fourth-order valence-electron chi connectivity index (χ4n) is 3.69. The largest absolute Gasteiger partial charge is 0.454 e. The van der Waals surface area contributed by atoms with Crippen LogP contribution < -0.4 is 20.3 Å². The van der Waals surface area contributed by atoms with Crippen LogP contribution in [0.5, 0.6) is 11.5 Å². The Kier molecular flexibility index (Phi) is 6.62. The Morgan fingerprint density at radius 3 is 2.75 bits per heavy atom. The molecule has 4 heterocycles. The molecule has 0 unspecified atom stereocenters. The Bertz CT molecular complexity index is 1560. The number of halogens is 2. The predicted molar refractivity (Wildman–Crippen MR) is 131 cm³/mol. The summed E-state index contributed by atoms with van der Waals surface area (Å²) < 4.78 is 55.4. The molecule has 36 heavy (non-hydrogen) atoms. The van der Waals surface area contributed by atoms with Crippen LogP contribution in [0.25, 0.3) is 11.2 Å². The van der Waals surface area contributed by atoms with Crippen LogP contribution in [-0.2, 0) is 34.0 Å². The molecule has 17 heteroatoms. The van der Waals surface area contributed by atoms with Crippen LogP contribution in [0.4, 0.5) is 10.2 Å². The molecule has 0 amide bonds. The lowest BCUT2D eigenvalue weighted by Crippen LogP contribution is -2.17. The highest BCUT2D eigenvalue weighted by Crippen LogP contribution is 2.36. The molecule has 0 spiro atoms. The fourth-order valence-corrected chi connectivity index (χ4v) is 4.67. The lowest BCUT2D eigenvalue weighted by molar-refractivity contribution is 0.174. The zero-order chi connectivity index (χ0) is 25.4. The topological polar surface area (TPSA) is 188 Å². The maximum Gasteiger partial charge on any atom is 0.333 e. The van der Waals surface area contributed by atoms with Gasteiger partial charge >= 0.3 is 16.4 Å². The number of rotatable bonds is 9. The molecule has 1 aromatic carbocycles. The molecule has 0 radical (unpaired) electrons. The Balaban J connectivity index is 1.43. The van der Waals surface area contributed by atoms with E-state index in [1.54, 1.807) is 10.8 Å². The number of imidazole rings is 1. The number of ether oxygens (including phenoxy) is 2. The molecule has 4 aromatic rings. The van der Waals surface area contributed by atoms with Crippen LogP contribution in [0.3, 0.4) is 0 Å². The number of nitrogens with two attached hydrogens (primary N) is 2. The summed E-state index contributed by atoms with van der Waals surface area (Å²) in [6.45, 7) is 0.590. The van der Waals surface area contributed by atoms with Gasteiger partial charge in [0.2, 0.25) is 6.79 Å². The molecule has 5 rings (SSSR count). The molecule has 0 saturated carbocycles. The SMILES string of the molecule is Nc1nc(F)nc2c1nc(Cc1cc3c(cc1I)OCO3)n2Cc1cn(CCCOS(N)(=O)=O)nn1. The Hall–Kier alpha value is -3.16. The van der Waals surface area contributed by atoms with E-state index in [1.807, 2.05) is 12.1 Å². The van der Waals surface area contributed by atoms with E-state index in [-0.39, 0.29) is 36.9 Å². The van der Waals surface area contributed by atoms with Crippen molar-refractivity contribution in [1.82, 2.24) is 34.5 Å². The molecule has 0 saturated heterocycles.